The van der Waals surface area contributed by atoms with Gasteiger partial charge in [0.05, 0.1) is 5.69 Å². The molecule has 2 aliphatic rings. The summed E-state index contributed by atoms with van der Waals surface area (Å²) in [6, 6.07) is 6.76. The van der Waals surface area contributed by atoms with E-state index in [9.17, 15) is 4.79 Å². The number of fused-ring (bicyclic) bond motifs is 2. The second-order valence-electron chi connectivity index (χ2n) is 6.55. The highest BCUT2D eigenvalue weighted by atomic mass is 35.5. The Morgan fingerprint density at radius 1 is 1.20 bits per heavy atom. The topological polar surface area (TPSA) is 71.8 Å². The van der Waals surface area contributed by atoms with Crippen molar-refractivity contribution < 1.29 is 4.79 Å². The number of aromatic nitrogens is 3. The summed E-state index contributed by atoms with van der Waals surface area (Å²) in [5, 5.41) is 10.8. The number of piperidine rings is 1. The molecule has 0 radical (unpaired) electrons. The molecule has 2 unspecified atom stereocenters. The van der Waals surface area contributed by atoms with Crippen LogP contribution in [0.25, 0.3) is 5.82 Å². The molecular weight excluding hydrogens is 361 g/mol. The molecule has 2 aromatic heterocycles. The number of hydrogen-bond acceptors (Lipinski definition) is 4. The number of anilines is 1. The number of nitrogens with zero attached hydrogens (tertiary/aromatic N) is 3. The summed E-state index contributed by atoms with van der Waals surface area (Å²) in [6.45, 7) is 0. The van der Waals surface area contributed by atoms with Crippen molar-refractivity contribution in [2.24, 2.45) is 5.92 Å². The molecule has 0 spiro atoms. The van der Waals surface area contributed by atoms with Gasteiger partial charge in [-0.25, -0.2) is 9.67 Å². The van der Waals surface area contributed by atoms with E-state index < -0.39 is 0 Å². The molecule has 2 atom stereocenters. The zero-order valence-corrected chi connectivity index (χ0v) is 15.4. The Bertz CT molecular complexity index is 682. The molecule has 1 amide bonds. The molecule has 136 valence electrons. The van der Waals surface area contributed by atoms with Crippen LogP contribution in [0.5, 0.6) is 0 Å². The van der Waals surface area contributed by atoms with Gasteiger partial charge in [-0.15, -0.1) is 24.8 Å². The van der Waals surface area contributed by atoms with Crippen molar-refractivity contribution in [3.8, 4) is 5.82 Å². The number of carbonyl (C=O) groups excluding carboxylic acids is 1. The fourth-order valence-electron chi connectivity index (χ4n) is 3.88. The smallest absolute Gasteiger partial charge is 0.224 e. The van der Waals surface area contributed by atoms with Crippen LogP contribution in [-0.2, 0) is 4.79 Å². The predicted molar refractivity (Wildman–Crippen MR) is 102 cm³/mol. The van der Waals surface area contributed by atoms with Gasteiger partial charge in [0.1, 0.15) is 0 Å². The van der Waals surface area contributed by atoms with E-state index in [0.717, 1.165) is 12.8 Å². The van der Waals surface area contributed by atoms with Crippen LogP contribution in [0.3, 0.4) is 0 Å². The van der Waals surface area contributed by atoms with Gasteiger partial charge in [0.2, 0.25) is 5.91 Å². The van der Waals surface area contributed by atoms with E-state index in [2.05, 4.69) is 20.7 Å². The summed E-state index contributed by atoms with van der Waals surface area (Å²) in [4.78, 5) is 16.8. The summed E-state index contributed by atoms with van der Waals surface area (Å²) in [7, 11) is 0. The molecule has 4 rings (SSSR count). The Balaban J connectivity index is 0.00000113. The lowest BCUT2D eigenvalue weighted by molar-refractivity contribution is -0.117. The molecule has 25 heavy (non-hydrogen) atoms. The van der Waals surface area contributed by atoms with Crippen molar-refractivity contribution in [3.63, 3.8) is 0 Å². The van der Waals surface area contributed by atoms with Crippen molar-refractivity contribution in [1.82, 2.24) is 20.1 Å². The molecule has 8 heteroatoms. The van der Waals surface area contributed by atoms with Crippen LogP contribution in [0, 0.1) is 5.92 Å². The molecule has 2 bridgehead atoms. The number of hydrogen-bond donors (Lipinski definition) is 2. The molecular formula is C17H23Cl2N5O. The highest BCUT2D eigenvalue weighted by molar-refractivity contribution is 5.92. The lowest BCUT2D eigenvalue weighted by atomic mass is 9.89. The van der Waals surface area contributed by atoms with Crippen molar-refractivity contribution in [2.75, 3.05) is 5.32 Å². The van der Waals surface area contributed by atoms with Crippen molar-refractivity contribution >= 4 is 36.4 Å². The zero-order valence-electron chi connectivity index (χ0n) is 13.8. The normalized spacial score (nSPS) is 24.1. The maximum atomic E-state index is 12.4. The van der Waals surface area contributed by atoms with Gasteiger partial charge in [-0.05, 0) is 49.8 Å². The molecule has 2 fully saturated rings. The van der Waals surface area contributed by atoms with E-state index in [1.165, 1.54) is 12.8 Å². The summed E-state index contributed by atoms with van der Waals surface area (Å²) in [5.74, 6) is 1.20. The maximum Gasteiger partial charge on any atom is 0.224 e. The first-order valence-corrected chi connectivity index (χ1v) is 8.29. The van der Waals surface area contributed by atoms with E-state index in [4.69, 9.17) is 0 Å². The minimum Gasteiger partial charge on any atom is -0.323 e. The van der Waals surface area contributed by atoms with Gasteiger partial charge in [0, 0.05) is 37.1 Å². The standard InChI is InChI=1S/C17H21N5O.2ClH/c23-16(11-12-9-13-4-5-14(10-12)20-13)21-15-3-1-6-18-17(15)22-8-2-7-19-22;;/h1-3,6-8,12-14,20H,4-5,9-11H2,(H,21,23);2*1H. The highest BCUT2D eigenvalue weighted by Crippen LogP contribution is 2.32. The van der Waals surface area contributed by atoms with Gasteiger partial charge in [-0.2, -0.15) is 5.10 Å². The first-order valence-electron chi connectivity index (χ1n) is 8.29. The number of pyridine rings is 1. The molecule has 2 saturated heterocycles. The average molecular weight is 384 g/mol. The first-order chi connectivity index (χ1) is 11.3. The summed E-state index contributed by atoms with van der Waals surface area (Å²) >= 11 is 0. The SMILES string of the molecule is Cl.Cl.O=C(CC1CC2CCC(C1)N2)Nc1cccnc1-n1cccn1. The van der Waals surface area contributed by atoms with Crippen LogP contribution >= 0.6 is 24.8 Å². The van der Waals surface area contributed by atoms with Crippen molar-refractivity contribution in [1.29, 1.82) is 0 Å². The van der Waals surface area contributed by atoms with E-state index in [0.29, 0.717) is 35.9 Å². The van der Waals surface area contributed by atoms with Crippen LogP contribution in [-0.4, -0.2) is 32.8 Å². The lowest BCUT2D eigenvalue weighted by Crippen LogP contribution is -2.39. The predicted octanol–water partition coefficient (Wildman–Crippen LogP) is 2.97. The Kier molecular flexibility index (Phi) is 6.81. The largest absolute Gasteiger partial charge is 0.323 e. The number of amides is 1. The van der Waals surface area contributed by atoms with E-state index >= 15 is 0 Å². The molecule has 2 aliphatic heterocycles. The zero-order chi connectivity index (χ0) is 15.6. The molecule has 2 aromatic rings. The molecule has 0 aliphatic carbocycles. The summed E-state index contributed by atoms with van der Waals surface area (Å²) in [5.41, 5.74) is 0.707. The fraction of sp³-hybridized carbons (Fsp3) is 0.471. The van der Waals surface area contributed by atoms with E-state index in [-0.39, 0.29) is 30.7 Å². The van der Waals surface area contributed by atoms with Crippen molar-refractivity contribution in [3.05, 3.63) is 36.8 Å². The minimum absolute atomic E-state index is 0. The van der Waals surface area contributed by atoms with Gasteiger partial charge in [0.15, 0.2) is 5.82 Å². The van der Waals surface area contributed by atoms with E-state index in [1.807, 2.05) is 24.4 Å². The van der Waals surface area contributed by atoms with Gasteiger partial charge in [-0.3, -0.25) is 4.79 Å². The first kappa shape index (κ1) is 19.7. The molecule has 0 aromatic carbocycles. The lowest BCUT2D eigenvalue weighted by Gasteiger charge is -2.28. The van der Waals surface area contributed by atoms with Crippen LogP contribution < -0.4 is 10.6 Å². The fourth-order valence-corrected chi connectivity index (χ4v) is 3.88. The molecule has 0 saturated carbocycles. The van der Waals surface area contributed by atoms with Crippen LogP contribution in [0.15, 0.2) is 36.8 Å². The second-order valence-corrected chi connectivity index (χ2v) is 6.55. The van der Waals surface area contributed by atoms with Gasteiger partial charge in [0.25, 0.3) is 0 Å². The van der Waals surface area contributed by atoms with Crippen molar-refractivity contribution in [2.45, 2.75) is 44.2 Å². The average Bonchev–Trinajstić information content (AvgIpc) is 3.18. The molecule has 4 heterocycles. The van der Waals surface area contributed by atoms with Gasteiger partial charge in [-0.1, -0.05) is 0 Å². The monoisotopic (exact) mass is 383 g/mol. The minimum atomic E-state index is 0. The van der Waals surface area contributed by atoms with Gasteiger partial charge < -0.3 is 10.6 Å². The third-order valence-electron chi connectivity index (χ3n) is 4.83. The Labute approximate surface area is 159 Å². The van der Waals surface area contributed by atoms with Crippen LogP contribution in [0.2, 0.25) is 0 Å². The molecule has 6 nitrogen and oxygen atoms in total. The Morgan fingerprint density at radius 3 is 2.64 bits per heavy atom. The summed E-state index contributed by atoms with van der Waals surface area (Å²) in [6.07, 6.45) is 10.6. The second kappa shape index (κ2) is 8.65. The molecule has 2 N–H and O–H groups in total. The number of halogens is 2. The Hall–Kier alpha value is -1.63. The number of rotatable bonds is 4. The third-order valence-corrected chi connectivity index (χ3v) is 4.83. The quantitative estimate of drug-likeness (QED) is 0.850. The van der Waals surface area contributed by atoms with Gasteiger partial charge >= 0.3 is 0 Å². The third kappa shape index (κ3) is 4.51. The van der Waals surface area contributed by atoms with Crippen LogP contribution in [0.4, 0.5) is 5.69 Å². The van der Waals surface area contributed by atoms with Crippen LogP contribution in [0.1, 0.15) is 32.1 Å². The summed E-state index contributed by atoms with van der Waals surface area (Å²) < 4.78 is 1.67. The maximum absolute atomic E-state index is 12.4. The highest BCUT2D eigenvalue weighted by Gasteiger charge is 2.34. The number of carbonyl (C=O) groups is 1. The van der Waals surface area contributed by atoms with E-state index in [1.54, 1.807) is 17.1 Å². The Morgan fingerprint density at radius 2 is 1.96 bits per heavy atom. The number of nitrogens with one attached hydrogen (secondary N) is 2.